The van der Waals surface area contributed by atoms with Crippen molar-refractivity contribution in [2.45, 2.75) is 41.5 Å². The molecular weight excluding hydrogens is 583 g/mol. The molecule has 0 heterocycles. The summed E-state index contributed by atoms with van der Waals surface area (Å²) >= 11 is 0. The topological polar surface area (TPSA) is 18.8 Å². The summed E-state index contributed by atoms with van der Waals surface area (Å²) in [4.78, 5) is 2.32. The molecule has 0 amide bonds. The van der Waals surface area contributed by atoms with Crippen molar-refractivity contribution >= 4 is 46.8 Å². The highest BCUT2D eigenvalue weighted by molar-refractivity contribution is 5.84. The van der Waals surface area contributed by atoms with Crippen LogP contribution in [0.2, 0.25) is 0 Å². The first-order chi connectivity index (χ1) is 23.2. The normalized spacial score (nSPS) is 11.4. The van der Waals surface area contributed by atoms with Gasteiger partial charge in [0, 0.05) is 17.1 Å². The number of hydrogen-bond acceptors (Lipinski definition) is 3. The Labute approximate surface area is 286 Å². The molecule has 0 aromatic heterocycles. The molecule has 0 radical (unpaired) electrons. The molecule has 0 unspecified atom stereocenters. The van der Waals surface area contributed by atoms with Crippen LogP contribution in [-0.4, -0.2) is 6.21 Å². The van der Waals surface area contributed by atoms with Crippen LogP contribution in [0.15, 0.2) is 139 Å². The van der Waals surface area contributed by atoms with Crippen molar-refractivity contribution in [3.63, 3.8) is 0 Å². The predicted octanol–water partition coefficient (Wildman–Crippen LogP) is 12.3. The molecule has 6 rings (SSSR count). The van der Waals surface area contributed by atoms with E-state index < -0.39 is 0 Å². The number of benzene rings is 6. The van der Waals surface area contributed by atoms with E-state index in [1.165, 1.54) is 44.5 Å². The number of hydrogen-bond donors (Lipinski definition) is 0. The molecule has 0 spiro atoms. The molecule has 0 aliphatic rings. The highest BCUT2D eigenvalue weighted by Gasteiger charge is 2.13. The zero-order valence-corrected chi connectivity index (χ0v) is 28.8. The lowest BCUT2D eigenvalue weighted by Crippen LogP contribution is -2.10. The van der Waals surface area contributed by atoms with Crippen molar-refractivity contribution in [3.05, 3.63) is 184 Å². The summed E-state index contributed by atoms with van der Waals surface area (Å²) in [6.07, 6.45) is 6.37. The van der Waals surface area contributed by atoms with Crippen molar-refractivity contribution in [2.75, 3.05) is 9.91 Å². The van der Waals surface area contributed by atoms with Gasteiger partial charge in [0.25, 0.3) is 0 Å². The first-order valence-corrected chi connectivity index (χ1v) is 16.5. The van der Waals surface area contributed by atoms with Crippen LogP contribution in [0.25, 0.3) is 12.2 Å². The van der Waals surface area contributed by atoms with E-state index in [1.54, 1.807) is 0 Å². The van der Waals surface area contributed by atoms with Crippen LogP contribution in [0.4, 0.5) is 28.4 Å². The average Bonchev–Trinajstić information content (AvgIpc) is 3.08. The van der Waals surface area contributed by atoms with Gasteiger partial charge in [0.05, 0.1) is 17.6 Å². The van der Waals surface area contributed by atoms with Gasteiger partial charge in [0.1, 0.15) is 0 Å². The first kappa shape index (κ1) is 32.3. The maximum atomic E-state index is 4.93. The van der Waals surface area contributed by atoms with E-state index in [0.29, 0.717) is 0 Å². The fourth-order valence-corrected chi connectivity index (χ4v) is 5.75. The summed E-state index contributed by atoms with van der Waals surface area (Å²) in [6, 6.07) is 47.6. The van der Waals surface area contributed by atoms with Crippen molar-refractivity contribution in [1.82, 2.24) is 0 Å². The number of aryl methyl sites for hydroxylation is 6. The van der Waals surface area contributed by atoms with E-state index in [1.807, 2.05) is 11.2 Å². The van der Waals surface area contributed by atoms with Crippen LogP contribution in [0.5, 0.6) is 0 Å². The van der Waals surface area contributed by atoms with Crippen LogP contribution in [0.3, 0.4) is 0 Å². The Balaban J connectivity index is 1.23. The first-order valence-electron chi connectivity index (χ1n) is 16.5. The lowest BCUT2D eigenvalue weighted by Gasteiger charge is -2.26. The minimum Gasteiger partial charge on any atom is -0.310 e. The number of anilines is 5. The Bertz CT molecular complexity index is 1960. The summed E-state index contributed by atoms with van der Waals surface area (Å²) in [6.45, 7) is 12.8. The molecule has 0 saturated heterocycles. The molecule has 0 aliphatic heterocycles. The zero-order valence-electron chi connectivity index (χ0n) is 28.8. The SMILES string of the molecule is Cc1ccc(N(N=Cc2ccc(C=Cc3ccc(N(c4ccc(C)cc4)c4ccc(C)cc4)cc3C)c(C)c2)c2ccc(C)cc2)cc1. The highest BCUT2D eigenvalue weighted by atomic mass is 15.5. The molecule has 0 N–H and O–H groups in total. The van der Waals surface area contributed by atoms with Crippen LogP contribution in [0.1, 0.15) is 50.1 Å². The van der Waals surface area contributed by atoms with Gasteiger partial charge in [0.2, 0.25) is 0 Å². The minimum absolute atomic E-state index is 1.03. The maximum Gasteiger partial charge on any atom is 0.0652 e. The number of nitrogens with zero attached hydrogens (tertiary/aromatic N) is 3. The smallest absolute Gasteiger partial charge is 0.0652 e. The van der Waals surface area contributed by atoms with Gasteiger partial charge in [-0.3, -0.25) is 0 Å². The molecule has 238 valence electrons. The van der Waals surface area contributed by atoms with Gasteiger partial charge in [-0.2, -0.15) is 5.10 Å². The van der Waals surface area contributed by atoms with Crippen molar-refractivity contribution in [1.29, 1.82) is 0 Å². The molecule has 3 heteroatoms. The van der Waals surface area contributed by atoms with Crippen molar-refractivity contribution in [3.8, 4) is 0 Å². The Morgan fingerprint density at radius 2 is 0.771 bits per heavy atom. The monoisotopic (exact) mass is 625 g/mol. The summed E-state index contributed by atoms with van der Waals surface area (Å²) in [7, 11) is 0. The summed E-state index contributed by atoms with van der Waals surface area (Å²) in [5.74, 6) is 0. The van der Waals surface area contributed by atoms with Gasteiger partial charge in [-0.25, -0.2) is 5.01 Å². The molecular formula is C45H43N3. The second kappa shape index (κ2) is 14.4. The Morgan fingerprint density at radius 1 is 0.396 bits per heavy atom. The molecule has 0 aliphatic carbocycles. The van der Waals surface area contributed by atoms with Crippen molar-refractivity contribution < 1.29 is 0 Å². The zero-order chi connectivity index (χ0) is 33.6. The lowest BCUT2D eigenvalue weighted by atomic mass is 10.0. The van der Waals surface area contributed by atoms with Gasteiger partial charge in [-0.1, -0.05) is 101 Å². The van der Waals surface area contributed by atoms with Crippen LogP contribution >= 0.6 is 0 Å². The third kappa shape index (κ3) is 7.65. The van der Waals surface area contributed by atoms with E-state index in [0.717, 1.165) is 34.0 Å². The number of hydrazone groups is 1. The van der Waals surface area contributed by atoms with E-state index in [-0.39, 0.29) is 0 Å². The molecule has 0 saturated carbocycles. The lowest BCUT2D eigenvalue weighted by molar-refractivity contribution is 1.09. The summed E-state index contributed by atoms with van der Waals surface area (Å²) < 4.78 is 0. The molecule has 3 nitrogen and oxygen atoms in total. The van der Waals surface area contributed by atoms with Gasteiger partial charge < -0.3 is 4.90 Å². The largest absolute Gasteiger partial charge is 0.310 e. The molecule has 6 aromatic carbocycles. The second-order valence-corrected chi connectivity index (χ2v) is 12.7. The summed E-state index contributed by atoms with van der Waals surface area (Å²) in [5.41, 5.74) is 16.3. The third-order valence-electron chi connectivity index (χ3n) is 8.71. The quantitative estimate of drug-likeness (QED) is 0.0904. The van der Waals surface area contributed by atoms with Crippen LogP contribution < -0.4 is 9.91 Å². The maximum absolute atomic E-state index is 4.93. The molecule has 6 aromatic rings. The van der Waals surface area contributed by atoms with Crippen LogP contribution in [-0.2, 0) is 0 Å². The van der Waals surface area contributed by atoms with E-state index in [9.17, 15) is 0 Å². The standard InChI is InChI=1S/C45H43N3/c1-32-7-20-41(21-8-32)47(42-22-9-33(2)10-23-42)45-28-19-40(37(6)30-45)18-17-39-16-15-38(29-36(39)5)31-46-48(43-24-11-34(3)12-25-43)44-26-13-35(4)14-27-44/h7-31H,1-6H3. The van der Waals surface area contributed by atoms with Gasteiger partial charge >= 0.3 is 0 Å². The molecule has 48 heavy (non-hydrogen) atoms. The minimum atomic E-state index is 1.03. The fraction of sp³-hybridized carbons (Fsp3) is 0.133. The third-order valence-corrected chi connectivity index (χ3v) is 8.71. The van der Waals surface area contributed by atoms with E-state index in [2.05, 4.69) is 192 Å². The van der Waals surface area contributed by atoms with Crippen LogP contribution in [0, 0.1) is 41.5 Å². The average molecular weight is 626 g/mol. The Morgan fingerprint density at radius 3 is 1.19 bits per heavy atom. The highest BCUT2D eigenvalue weighted by Crippen LogP contribution is 2.36. The van der Waals surface area contributed by atoms with E-state index in [4.69, 9.17) is 5.10 Å². The molecule has 0 atom stereocenters. The molecule has 0 fully saturated rings. The van der Waals surface area contributed by atoms with Gasteiger partial charge in [0.15, 0.2) is 0 Å². The second-order valence-electron chi connectivity index (χ2n) is 12.7. The molecule has 0 bridgehead atoms. The van der Waals surface area contributed by atoms with Gasteiger partial charge in [-0.15, -0.1) is 0 Å². The summed E-state index contributed by atoms with van der Waals surface area (Å²) in [5, 5.41) is 6.92. The fourth-order valence-electron chi connectivity index (χ4n) is 5.75. The Hall–Kier alpha value is -5.67. The predicted molar refractivity (Wildman–Crippen MR) is 208 cm³/mol. The Kier molecular flexibility index (Phi) is 9.68. The van der Waals surface area contributed by atoms with Crippen molar-refractivity contribution in [2.24, 2.45) is 5.10 Å². The van der Waals surface area contributed by atoms with Gasteiger partial charge in [-0.05, 0) is 136 Å². The van der Waals surface area contributed by atoms with E-state index >= 15 is 0 Å². The number of rotatable bonds is 9.